The van der Waals surface area contributed by atoms with Crippen molar-refractivity contribution >= 4 is 5.91 Å². The molecule has 0 aliphatic carbocycles. The van der Waals surface area contributed by atoms with Gasteiger partial charge >= 0.3 is 0 Å². The molecule has 1 fully saturated rings. The quantitative estimate of drug-likeness (QED) is 0.883. The number of rotatable bonds is 5. The molecule has 1 unspecified atom stereocenters. The van der Waals surface area contributed by atoms with Gasteiger partial charge in [-0.3, -0.25) is 9.59 Å². The first kappa shape index (κ1) is 17.2. The Bertz CT molecular complexity index is 801. The van der Waals surface area contributed by atoms with Crippen molar-refractivity contribution in [1.82, 2.24) is 14.9 Å². The van der Waals surface area contributed by atoms with Crippen LogP contribution < -0.4 is 10.3 Å². The fourth-order valence-corrected chi connectivity index (χ4v) is 2.91. The number of H-pyrrole nitrogens is 1. The van der Waals surface area contributed by atoms with E-state index in [2.05, 4.69) is 9.97 Å². The Morgan fingerprint density at radius 2 is 2.08 bits per heavy atom. The molecular formula is C18H21N3O4. The number of nitrogens with one attached hydrogen (secondary N) is 1. The Balaban J connectivity index is 1.78. The highest BCUT2D eigenvalue weighted by Crippen LogP contribution is 2.15. The lowest BCUT2D eigenvalue weighted by Gasteiger charge is -2.15. The topological polar surface area (TPSA) is 84.5 Å². The molecule has 132 valence electrons. The first-order valence-electron chi connectivity index (χ1n) is 8.14. The van der Waals surface area contributed by atoms with Crippen molar-refractivity contribution in [3.63, 3.8) is 0 Å². The summed E-state index contributed by atoms with van der Waals surface area (Å²) >= 11 is 0. The number of hydrogen-bond acceptors (Lipinski definition) is 5. The molecule has 0 bridgehead atoms. The predicted molar refractivity (Wildman–Crippen MR) is 92.0 cm³/mol. The normalized spacial score (nSPS) is 16.9. The number of carbonyl (C=O) groups is 1. The van der Waals surface area contributed by atoms with Crippen molar-refractivity contribution in [1.29, 1.82) is 0 Å². The molecule has 1 N–H and O–H groups in total. The van der Waals surface area contributed by atoms with Gasteiger partial charge in [0.05, 0.1) is 13.2 Å². The zero-order valence-electron chi connectivity index (χ0n) is 14.3. The molecule has 0 radical (unpaired) electrons. The molecule has 1 amide bonds. The highest BCUT2D eigenvalue weighted by molar-refractivity contribution is 5.92. The van der Waals surface area contributed by atoms with Gasteiger partial charge in [-0.2, -0.15) is 0 Å². The molecule has 0 spiro atoms. The van der Waals surface area contributed by atoms with Crippen LogP contribution in [0.15, 0.2) is 35.1 Å². The number of hydrogen-bond donors (Lipinski definition) is 1. The lowest BCUT2D eigenvalue weighted by molar-refractivity contribution is 0.0718. The molecule has 1 aliphatic heterocycles. The number of aromatic amines is 1. The minimum absolute atomic E-state index is 0.0460. The van der Waals surface area contributed by atoms with Gasteiger partial charge < -0.3 is 19.4 Å². The minimum atomic E-state index is -0.329. The monoisotopic (exact) mass is 343 g/mol. The van der Waals surface area contributed by atoms with Gasteiger partial charge in [0, 0.05) is 32.7 Å². The zero-order chi connectivity index (χ0) is 17.8. The van der Waals surface area contributed by atoms with Gasteiger partial charge in [-0.1, -0.05) is 12.1 Å². The second-order valence-corrected chi connectivity index (χ2v) is 6.00. The van der Waals surface area contributed by atoms with Gasteiger partial charge in [0.15, 0.2) is 0 Å². The van der Waals surface area contributed by atoms with Crippen LogP contribution in [0.4, 0.5) is 0 Å². The molecular weight excluding hydrogens is 322 g/mol. The van der Waals surface area contributed by atoms with Crippen LogP contribution in [-0.4, -0.2) is 54.2 Å². The molecule has 1 aliphatic rings. The van der Waals surface area contributed by atoms with Crippen molar-refractivity contribution in [2.45, 2.75) is 18.9 Å². The molecule has 25 heavy (non-hydrogen) atoms. The van der Waals surface area contributed by atoms with E-state index in [1.54, 1.807) is 19.1 Å². The van der Waals surface area contributed by atoms with E-state index in [1.807, 2.05) is 24.3 Å². The lowest BCUT2D eigenvalue weighted by atomic mass is 10.1. The first-order chi connectivity index (χ1) is 12.1. The summed E-state index contributed by atoms with van der Waals surface area (Å²) in [6.07, 6.45) is 1.27. The Kier molecular flexibility index (Phi) is 5.14. The number of nitrogens with zero attached hydrogens (tertiary/aromatic N) is 2. The Morgan fingerprint density at radius 3 is 2.72 bits per heavy atom. The SMILES string of the molecule is COc1ccc(Cc2nc(C(=O)N3CCC(OC)C3)cc(=O)[nH]2)cc1. The van der Waals surface area contributed by atoms with Gasteiger partial charge in [-0.25, -0.2) is 4.98 Å². The zero-order valence-corrected chi connectivity index (χ0v) is 14.3. The number of ether oxygens (including phenoxy) is 2. The Morgan fingerprint density at radius 1 is 1.32 bits per heavy atom. The fourth-order valence-electron chi connectivity index (χ4n) is 2.91. The minimum Gasteiger partial charge on any atom is -0.497 e. The van der Waals surface area contributed by atoms with Crippen molar-refractivity contribution in [3.8, 4) is 5.75 Å². The van der Waals surface area contributed by atoms with Gasteiger partial charge in [-0.15, -0.1) is 0 Å². The molecule has 1 aromatic carbocycles. The average molecular weight is 343 g/mol. The van der Waals surface area contributed by atoms with Crippen molar-refractivity contribution in [2.24, 2.45) is 0 Å². The van der Waals surface area contributed by atoms with E-state index in [-0.39, 0.29) is 23.3 Å². The first-order valence-corrected chi connectivity index (χ1v) is 8.14. The smallest absolute Gasteiger partial charge is 0.272 e. The van der Waals surface area contributed by atoms with Crippen molar-refractivity contribution in [3.05, 3.63) is 57.8 Å². The summed E-state index contributed by atoms with van der Waals surface area (Å²) in [7, 11) is 3.24. The summed E-state index contributed by atoms with van der Waals surface area (Å²) in [6.45, 7) is 1.14. The van der Waals surface area contributed by atoms with Crippen LogP contribution in [0.1, 0.15) is 28.3 Å². The average Bonchev–Trinajstić information content (AvgIpc) is 3.10. The summed E-state index contributed by atoms with van der Waals surface area (Å²) in [5, 5.41) is 0. The van der Waals surface area contributed by atoms with Crippen LogP contribution in [0.3, 0.4) is 0 Å². The summed E-state index contributed by atoms with van der Waals surface area (Å²) < 4.78 is 10.4. The number of amides is 1. The van der Waals surface area contributed by atoms with Crippen LogP contribution in [0.25, 0.3) is 0 Å². The van der Waals surface area contributed by atoms with E-state index in [0.717, 1.165) is 17.7 Å². The largest absolute Gasteiger partial charge is 0.497 e. The van der Waals surface area contributed by atoms with Crippen LogP contribution >= 0.6 is 0 Å². The second-order valence-electron chi connectivity index (χ2n) is 6.00. The van der Waals surface area contributed by atoms with E-state index in [4.69, 9.17) is 9.47 Å². The fraction of sp³-hybridized carbons (Fsp3) is 0.389. The number of methoxy groups -OCH3 is 2. The second kappa shape index (κ2) is 7.48. The molecule has 1 atom stereocenters. The molecule has 7 heteroatoms. The maximum absolute atomic E-state index is 12.6. The highest BCUT2D eigenvalue weighted by Gasteiger charge is 2.27. The molecule has 1 aromatic heterocycles. The maximum atomic E-state index is 12.6. The molecule has 2 aromatic rings. The standard InChI is InChI=1S/C18H21N3O4/c1-24-13-5-3-12(4-6-13)9-16-19-15(10-17(22)20-16)18(23)21-8-7-14(11-21)25-2/h3-6,10,14H,7-9,11H2,1-2H3,(H,19,20,22). The lowest BCUT2D eigenvalue weighted by Crippen LogP contribution is -2.32. The van der Waals surface area contributed by atoms with E-state index >= 15 is 0 Å². The van der Waals surface area contributed by atoms with Gasteiger partial charge in [-0.05, 0) is 24.1 Å². The Hall–Kier alpha value is -2.67. The van der Waals surface area contributed by atoms with E-state index in [9.17, 15) is 9.59 Å². The highest BCUT2D eigenvalue weighted by atomic mass is 16.5. The Labute approximate surface area is 145 Å². The molecule has 3 rings (SSSR count). The molecule has 2 heterocycles. The summed E-state index contributed by atoms with van der Waals surface area (Å²) in [5.41, 5.74) is 0.808. The molecule has 7 nitrogen and oxygen atoms in total. The van der Waals surface area contributed by atoms with Crippen LogP contribution in [0.5, 0.6) is 5.75 Å². The molecule has 0 saturated carbocycles. The van der Waals surface area contributed by atoms with E-state index in [1.165, 1.54) is 6.07 Å². The number of benzene rings is 1. The predicted octanol–water partition coefficient (Wildman–Crippen LogP) is 1.23. The summed E-state index contributed by atoms with van der Waals surface area (Å²) in [5.74, 6) is 0.987. The number of likely N-dealkylation sites (tertiary alicyclic amines) is 1. The number of aromatic nitrogens is 2. The third kappa shape index (κ3) is 4.06. The van der Waals surface area contributed by atoms with Gasteiger partial charge in [0.1, 0.15) is 17.3 Å². The van der Waals surface area contributed by atoms with Crippen LogP contribution in [0.2, 0.25) is 0 Å². The van der Waals surface area contributed by atoms with Crippen LogP contribution in [0, 0.1) is 0 Å². The molecule has 1 saturated heterocycles. The number of carbonyl (C=O) groups excluding carboxylic acids is 1. The summed E-state index contributed by atoms with van der Waals surface area (Å²) in [6, 6.07) is 8.74. The van der Waals surface area contributed by atoms with Gasteiger partial charge in [0.2, 0.25) is 0 Å². The third-order valence-corrected chi connectivity index (χ3v) is 4.31. The maximum Gasteiger partial charge on any atom is 0.272 e. The van der Waals surface area contributed by atoms with Gasteiger partial charge in [0.25, 0.3) is 11.5 Å². The van der Waals surface area contributed by atoms with Crippen molar-refractivity contribution in [2.75, 3.05) is 27.3 Å². The van der Waals surface area contributed by atoms with E-state index in [0.29, 0.717) is 25.3 Å². The van der Waals surface area contributed by atoms with Crippen molar-refractivity contribution < 1.29 is 14.3 Å². The third-order valence-electron chi connectivity index (χ3n) is 4.31. The van der Waals surface area contributed by atoms with Crippen LogP contribution in [-0.2, 0) is 11.2 Å². The summed E-state index contributed by atoms with van der Waals surface area (Å²) in [4.78, 5) is 33.2. The van der Waals surface area contributed by atoms with E-state index < -0.39 is 0 Å².